The van der Waals surface area contributed by atoms with Crippen molar-refractivity contribution in [3.05, 3.63) is 62.8 Å². The minimum Gasteiger partial charge on any atom is -0.375 e. The van der Waals surface area contributed by atoms with E-state index in [2.05, 4.69) is 21.2 Å². The van der Waals surface area contributed by atoms with Crippen molar-refractivity contribution in [3.8, 4) is 0 Å². The van der Waals surface area contributed by atoms with Crippen molar-refractivity contribution < 1.29 is 4.39 Å². The molecule has 1 aliphatic rings. The Morgan fingerprint density at radius 2 is 2.06 bits per heavy atom. The topological polar surface area (TPSA) is 12.0 Å². The lowest BCUT2D eigenvalue weighted by Gasteiger charge is -2.13. The van der Waals surface area contributed by atoms with E-state index in [1.54, 1.807) is 0 Å². The maximum absolute atomic E-state index is 13.8. The third-order valence-corrected chi connectivity index (χ3v) is 4.10. The zero-order valence-electron chi connectivity index (χ0n) is 9.38. The number of hydrogen-bond donors (Lipinski definition) is 1. The summed E-state index contributed by atoms with van der Waals surface area (Å²) >= 11 is 9.40. The van der Waals surface area contributed by atoms with Gasteiger partial charge in [-0.25, -0.2) is 4.39 Å². The number of nitrogens with one attached hydrogen (secondary N) is 1. The molecule has 3 rings (SSSR count). The lowest BCUT2D eigenvalue weighted by molar-refractivity contribution is 0.631. The fourth-order valence-electron chi connectivity index (χ4n) is 2.34. The SMILES string of the molecule is Fc1cc(Cl)cc2c1NC(c1ccccc1Br)C2. The van der Waals surface area contributed by atoms with Crippen molar-refractivity contribution in [1.82, 2.24) is 0 Å². The summed E-state index contributed by atoms with van der Waals surface area (Å²) in [7, 11) is 0. The van der Waals surface area contributed by atoms with E-state index in [4.69, 9.17) is 11.6 Å². The zero-order chi connectivity index (χ0) is 12.7. The number of hydrogen-bond acceptors (Lipinski definition) is 1. The number of rotatable bonds is 1. The molecule has 0 bridgehead atoms. The predicted octanol–water partition coefficient (Wildman–Crippen LogP) is 4.95. The molecule has 0 saturated heterocycles. The van der Waals surface area contributed by atoms with Crippen LogP contribution >= 0.6 is 27.5 Å². The highest BCUT2D eigenvalue weighted by molar-refractivity contribution is 9.10. The van der Waals surface area contributed by atoms with Crippen molar-refractivity contribution in [2.75, 3.05) is 5.32 Å². The van der Waals surface area contributed by atoms with Crippen LogP contribution in [0, 0.1) is 5.82 Å². The van der Waals surface area contributed by atoms with Gasteiger partial charge in [0, 0.05) is 9.50 Å². The van der Waals surface area contributed by atoms with Gasteiger partial charge in [-0.3, -0.25) is 0 Å². The van der Waals surface area contributed by atoms with Crippen molar-refractivity contribution in [3.63, 3.8) is 0 Å². The summed E-state index contributed by atoms with van der Waals surface area (Å²) in [5.74, 6) is -0.285. The summed E-state index contributed by atoms with van der Waals surface area (Å²) in [6, 6.07) is 11.2. The van der Waals surface area contributed by atoms with Crippen LogP contribution in [-0.2, 0) is 6.42 Å². The summed E-state index contributed by atoms with van der Waals surface area (Å²) in [5.41, 5.74) is 2.63. The molecule has 1 N–H and O–H groups in total. The van der Waals surface area contributed by atoms with Gasteiger partial charge in [0.25, 0.3) is 0 Å². The highest BCUT2D eigenvalue weighted by Gasteiger charge is 2.26. The van der Waals surface area contributed by atoms with E-state index in [9.17, 15) is 4.39 Å². The van der Waals surface area contributed by atoms with Gasteiger partial charge in [0.05, 0.1) is 11.7 Å². The molecular formula is C14H10BrClFN. The molecule has 18 heavy (non-hydrogen) atoms. The van der Waals surface area contributed by atoms with Crippen LogP contribution in [0.15, 0.2) is 40.9 Å². The Kier molecular flexibility index (Phi) is 3.04. The molecule has 92 valence electrons. The molecule has 1 aliphatic heterocycles. The van der Waals surface area contributed by atoms with E-state index >= 15 is 0 Å². The van der Waals surface area contributed by atoms with E-state index in [0.717, 1.165) is 22.0 Å². The fourth-order valence-corrected chi connectivity index (χ4v) is 3.13. The van der Waals surface area contributed by atoms with Crippen molar-refractivity contribution >= 4 is 33.2 Å². The van der Waals surface area contributed by atoms with Gasteiger partial charge in [0.1, 0.15) is 5.82 Å². The molecule has 4 heteroatoms. The van der Waals surface area contributed by atoms with Crippen LogP contribution in [0.2, 0.25) is 5.02 Å². The smallest absolute Gasteiger partial charge is 0.148 e. The van der Waals surface area contributed by atoms with Crippen molar-refractivity contribution in [1.29, 1.82) is 0 Å². The minimum atomic E-state index is -0.285. The highest BCUT2D eigenvalue weighted by Crippen LogP contribution is 2.39. The first-order chi connectivity index (χ1) is 8.65. The van der Waals surface area contributed by atoms with Crippen LogP contribution in [0.25, 0.3) is 0 Å². The first-order valence-electron chi connectivity index (χ1n) is 5.64. The quantitative estimate of drug-likeness (QED) is 0.782. The first kappa shape index (κ1) is 12.0. The minimum absolute atomic E-state index is 0.0866. The lowest BCUT2D eigenvalue weighted by Crippen LogP contribution is -2.06. The molecule has 0 radical (unpaired) electrons. The molecule has 1 atom stereocenters. The second-order valence-corrected chi connectivity index (χ2v) is 5.64. The van der Waals surface area contributed by atoms with E-state index in [-0.39, 0.29) is 11.9 Å². The molecular weight excluding hydrogens is 317 g/mol. The monoisotopic (exact) mass is 325 g/mol. The summed E-state index contributed by atoms with van der Waals surface area (Å²) < 4.78 is 14.8. The van der Waals surface area contributed by atoms with Crippen LogP contribution in [0.5, 0.6) is 0 Å². The Hall–Kier alpha value is -1.06. The third kappa shape index (κ3) is 2.02. The summed E-state index contributed by atoms with van der Waals surface area (Å²) in [4.78, 5) is 0. The Balaban J connectivity index is 1.99. The van der Waals surface area contributed by atoms with Crippen molar-refractivity contribution in [2.45, 2.75) is 12.5 Å². The highest BCUT2D eigenvalue weighted by atomic mass is 79.9. The third-order valence-electron chi connectivity index (χ3n) is 3.16. The zero-order valence-corrected chi connectivity index (χ0v) is 11.7. The average Bonchev–Trinajstić information content (AvgIpc) is 2.73. The van der Waals surface area contributed by atoms with Crippen LogP contribution < -0.4 is 5.32 Å². The summed E-state index contributed by atoms with van der Waals surface area (Å²) in [6.45, 7) is 0. The molecule has 0 amide bonds. The Morgan fingerprint density at radius 1 is 1.28 bits per heavy atom. The average molecular weight is 327 g/mol. The molecule has 1 unspecified atom stereocenters. The van der Waals surface area contributed by atoms with Crippen molar-refractivity contribution in [2.24, 2.45) is 0 Å². The number of anilines is 1. The normalized spacial score (nSPS) is 17.4. The maximum atomic E-state index is 13.8. The standard InChI is InChI=1S/C14H10BrClFN/c15-11-4-2-1-3-10(11)13-6-8-5-9(16)7-12(17)14(8)18-13/h1-5,7,13,18H,6H2. The van der Waals surface area contributed by atoms with Gasteiger partial charge in [-0.1, -0.05) is 45.7 Å². The molecule has 1 nitrogen and oxygen atoms in total. The van der Waals surface area contributed by atoms with Gasteiger partial charge in [-0.15, -0.1) is 0 Å². The molecule has 0 saturated carbocycles. The second kappa shape index (κ2) is 4.56. The maximum Gasteiger partial charge on any atom is 0.148 e. The van der Waals surface area contributed by atoms with Gasteiger partial charge in [0.2, 0.25) is 0 Å². The van der Waals surface area contributed by atoms with E-state index in [0.29, 0.717) is 10.7 Å². The van der Waals surface area contributed by atoms with Gasteiger partial charge >= 0.3 is 0 Å². The van der Waals surface area contributed by atoms with E-state index in [1.807, 2.05) is 30.3 Å². The first-order valence-corrected chi connectivity index (χ1v) is 6.81. The van der Waals surface area contributed by atoms with Crippen LogP contribution in [0.3, 0.4) is 0 Å². The van der Waals surface area contributed by atoms with E-state index < -0.39 is 0 Å². The second-order valence-electron chi connectivity index (χ2n) is 4.34. The summed E-state index contributed by atoms with van der Waals surface area (Å²) in [6.07, 6.45) is 0.745. The summed E-state index contributed by atoms with van der Waals surface area (Å²) in [5, 5.41) is 3.67. The largest absolute Gasteiger partial charge is 0.375 e. The number of fused-ring (bicyclic) bond motifs is 1. The Labute approximate surface area is 118 Å². The Morgan fingerprint density at radius 3 is 2.83 bits per heavy atom. The fraction of sp³-hybridized carbons (Fsp3) is 0.143. The van der Waals surface area contributed by atoms with Crippen LogP contribution in [0.1, 0.15) is 17.2 Å². The Bertz CT molecular complexity index is 615. The number of halogens is 3. The van der Waals surface area contributed by atoms with Gasteiger partial charge in [-0.05, 0) is 35.7 Å². The molecule has 2 aromatic rings. The molecule has 0 aromatic heterocycles. The molecule has 0 fully saturated rings. The molecule has 0 aliphatic carbocycles. The van der Waals surface area contributed by atoms with Gasteiger partial charge < -0.3 is 5.32 Å². The lowest BCUT2D eigenvalue weighted by atomic mass is 10.0. The predicted molar refractivity (Wildman–Crippen MR) is 75.6 cm³/mol. The number of benzene rings is 2. The van der Waals surface area contributed by atoms with Crippen LogP contribution in [0.4, 0.5) is 10.1 Å². The van der Waals surface area contributed by atoms with Crippen LogP contribution in [-0.4, -0.2) is 0 Å². The van der Waals surface area contributed by atoms with Gasteiger partial charge in [0.15, 0.2) is 0 Å². The molecule has 1 heterocycles. The molecule has 2 aromatic carbocycles. The van der Waals surface area contributed by atoms with E-state index in [1.165, 1.54) is 6.07 Å². The molecule has 0 spiro atoms. The van der Waals surface area contributed by atoms with Gasteiger partial charge in [-0.2, -0.15) is 0 Å².